The molecule has 2 saturated carbocycles. The van der Waals surface area contributed by atoms with Crippen LogP contribution >= 0.6 is 0 Å². The average molecular weight is 183 g/mol. The summed E-state index contributed by atoms with van der Waals surface area (Å²) in [6, 6.07) is 0. The first kappa shape index (κ1) is 9.00. The van der Waals surface area contributed by atoms with Gasteiger partial charge in [-0.05, 0) is 25.7 Å². The molecule has 0 unspecified atom stereocenters. The standard InChI is InChI=1S/C10H17NO2/c12-9(8-3-4-8)11-7-10(13)5-1-2-6-10/h8,13H,1-7H2,(H,11,12). The monoisotopic (exact) mass is 183 g/mol. The lowest BCUT2D eigenvalue weighted by Gasteiger charge is -2.22. The molecule has 74 valence electrons. The molecule has 0 atom stereocenters. The molecule has 0 saturated heterocycles. The maximum Gasteiger partial charge on any atom is 0.223 e. The van der Waals surface area contributed by atoms with E-state index in [2.05, 4.69) is 5.32 Å². The van der Waals surface area contributed by atoms with Crippen LogP contribution in [0.2, 0.25) is 0 Å². The number of amides is 1. The first-order chi connectivity index (χ1) is 6.20. The molecule has 0 aliphatic heterocycles. The van der Waals surface area contributed by atoms with Gasteiger partial charge in [-0.25, -0.2) is 0 Å². The van der Waals surface area contributed by atoms with Gasteiger partial charge < -0.3 is 10.4 Å². The molecule has 0 aromatic rings. The zero-order valence-electron chi connectivity index (χ0n) is 7.88. The Hall–Kier alpha value is -0.570. The lowest BCUT2D eigenvalue weighted by Crippen LogP contribution is -2.41. The van der Waals surface area contributed by atoms with E-state index in [9.17, 15) is 9.90 Å². The van der Waals surface area contributed by atoms with Crippen molar-refractivity contribution >= 4 is 5.91 Å². The Bertz CT molecular complexity index is 205. The van der Waals surface area contributed by atoms with Crippen LogP contribution in [-0.2, 0) is 4.79 Å². The number of hydrogen-bond acceptors (Lipinski definition) is 2. The normalized spacial score (nSPS) is 25.9. The molecule has 0 spiro atoms. The largest absolute Gasteiger partial charge is 0.388 e. The van der Waals surface area contributed by atoms with Crippen molar-refractivity contribution in [3.05, 3.63) is 0 Å². The molecule has 2 rings (SSSR count). The highest BCUT2D eigenvalue weighted by atomic mass is 16.3. The predicted octanol–water partition coefficient (Wildman–Crippen LogP) is 0.818. The molecule has 2 aliphatic rings. The molecule has 0 aromatic carbocycles. The maximum absolute atomic E-state index is 11.3. The Kier molecular flexibility index (Phi) is 2.28. The molecule has 0 heterocycles. The SMILES string of the molecule is O=C(NCC1(O)CCCC1)C1CC1. The van der Waals surface area contributed by atoms with Crippen LogP contribution in [0.3, 0.4) is 0 Å². The molecule has 3 heteroatoms. The quantitative estimate of drug-likeness (QED) is 0.680. The number of carbonyl (C=O) groups is 1. The van der Waals surface area contributed by atoms with Crippen LogP contribution < -0.4 is 5.32 Å². The molecule has 3 nitrogen and oxygen atoms in total. The molecule has 13 heavy (non-hydrogen) atoms. The second-order valence-electron chi connectivity index (χ2n) is 4.42. The third-order valence-corrected chi connectivity index (χ3v) is 3.07. The summed E-state index contributed by atoms with van der Waals surface area (Å²) in [4.78, 5) is 11.3. The minimum absolute atomic E-state index is 0.139. The van der Waals surface area contributed by atoms with E-state index < -0.39 is 5.60 Å². The topological polar surface area (TPSA) is 49.3 Å². The van der Waals surface area contributed by atoms with Crippen LogP contribution in [0, 0.1) is 5.92 Å². The summed E-state index contributed by atoms with van der Waals surface area (Å²) >= 11 is 0. The van der Waals surface area contributed by atoms with Crippen molar-refractivity contribution in [1.29, 1.82) is 0 Å². The van der Waals surface area contributed by atoms with Crippen molar-refractivity contribution < 1.29 is 9.90 Å². The van der Waals surface area contributed by atoms with Gasteiger partial charge in [0.15, 0.2) is 0 Å². The number of hydrogen-bond donors (Lipinski definition) is 2. The summed E-state index contributed by atoms with van der Waals surface area (Å²) in [5.74, 6) is 0.394. The van der Waals surface area contributed by atoms with Gasteiger partial charge in [-0.15, -0.1) is 0 Å². The molecular formula is C10H17NO2. The third-order valence-electron chi connectivity index (χ3n) is 3.07. The van der Waals surface area contributed by atoms with Crippen LogP contribution in [-0.4, -0.2) is 23.2 Å². The smallest absolute Gasteiger partial charge is 0.223 e. The van der Waals surface area contributed by atoms with E-state index in [1.165, 1.54) is 0 Å². The molecule has 0 aromatic heterocycles. The number of rotatable bonds is 3. The van der Waals surface area contributed by atoms with Gasteiger partial charge in [0.2, 0.25) is 5.91 Å². The number of aliphatic hydroxyl groups is 1. The van der Waals surface area contributed by atoms with E-state index >= 15 is 0 Å². The van der Waals surface area contributed by atoms with Crippen molar-refractivity contribution in [2.45, 2.75) is 44.1 Å². The van der Waals surface area contributed by atoms with Crippen LogP contribution in [0.5, 0.6) is 0 Å². The summed E-state index contributed by atoms with van der Waals surface area (Å²) in [6.45, 7) is 0.461. The third kappa shape index (κ3) is 2.21. The minimum atomic E-state index is -0.593. The van der Waals surface area contributed by atoms with Gasteiger partial charge in [-0.3, -0.25) is 4.79 Å². The van der Waals surface area contributed by atoms with E-state index in [0.29, 0.717) is 6.54 Å². The van der Waals surface area contributed by atoms with Crippen LogP contribution in [0.4, 0.5) is 0 Å². The van der Waals surface area contributed by atoms with Crippen LogP contribution in [0.15, 0.2) is 0 Å². The van der Waals surface area contributed by atoms with Crippen LogP contribution in [0.25, 0.3) is 0 Å². The predicted molar refractivity (Wildman–Crippen MR) is 49.2 cm³/mol. The summed E-state index contributed by atoms with van der Waals surface area (Å²) in [5, 5.41) is 12.8. The highest BCUT2D eigenvalue weighted by molar-refractivity contribution is 5.80. The summed E-state index contributed by atoms with van der Waals surface area (Å²) in [6.07, 6.45) is 5.94. The average Bonchev–Trinajstić information content (AvgIpc) is 2.87. The van der Waals surface area contributed by atoms with E-state index in [4.69, 9.17) is 0 Å². The fourth-order valence-electron chi connectivity index (χ4n) is 1.95. The summed E-state index contributed by atoms with van der Waals surface area (Å²) in [5.41, 5.74) is -0.593. The Morgan fingerprint density at radius 1 is 1.38 bits per heavy atom. The number of carbonyl (C=O) groups excluding carboxylic acids is 1. The Morgan fingerprint density at radius 2 is 2.00 bits per heavy atom. The molecule has 2 aliphatic carbocycles. The van der Waals surface area contributed by atoms with Crippen LogP contribution in [0.1, 0.15) is 38.5 Å². The van der Waals surface area contributed by atoms with Gasteiger partial charge in [0, 0.05) is 12.5 Å². The second-order valence-corrected chi connectivity index (χ2v) is 4.42. The molecular weight excluding hydrogens is 166 g/mol. The molecule has 0 radical (unpaired) electrons. The highest BCUT2D eigenvalue weighted by Gasteiger charge is 2.34. The van der Waals surface area contributed by atoms with E-state index in [1.54, 1.807) is 0 Å². The lowest BCUT2D eigenvalue weighted by molar-refractivity contribution is -0.123. The van der Waals surface area contributed by atoms with Gasteiger partial charge >= 0.3 is 0 Å². The molecule has 1 amide bonds. The zero-order valence-corrected chi connectivity index (χ0v) is 7.88. The molecule has 2 fully saturated rings. The maximum atomic E-state index is 11.3. The van der Waals surface area contributed by atoms with Gasteiger partial charge in [0.05, 0.1) is 5.60 Å². The fraction of sp³-hybridized carbons (Fsp3) is 0.900. The highest BCUT2D eigenvalue weighted by Crippen LogP contribution is 2.31. The van der Waals surface area contributed by atoms with Crippen molar-refractivity contribution in [3.63, 3.8) is 0 Å². The van der Waals surface area contributed by atoms with E-state index in [-0.39, 0.29) is 11.8 Å². The van der Waals surface area contributed by atoms with Gasteiger partial charge in [0.25, 0.3) is 0 Å². The lowest BCUT2D eigenvalue weighted by atomic mass is 10.0. The van der Waals surface area contributed by atoms with Crippen molar-refractivity contribution in [1.82, 2.24) is 5.32 Å². The summed E-state index contributed by atoms with van der Waals surface area (Å²) < 4.78 is 0. The Balaban J connectivity index is 1.74. The first-order valence-corrected chi connectivity index (χ1v) is 5.20. The van der Waals surface area contributed by atoms with Gasteiger partial charge in [-0.1, -0.05) is 12.8 Å². The first-order valence-electron chi connectivity index (χ1n) is 5.20. The second kappa shape index (κ2) is 3.29. The van der Waals surface area contributed by atoms with Gasteiger partial charge in [-0.2, -0.15) is 0 Å². The number of nitrogens with one attached hydrogen (secondary N) is 1. The molecule has 0 bridgehead atoms. The van der Waals surface area contributed by atoms with Crippen molar-refractivity contribution in [3.8, 4) is 0 Å². The zero-order chi connectivity index (χ0) is 9.31. The van der Waals surface area contributed by atoms with E-state index in [0.717, 1.165) is 38.5 Å². The minimum Gasteiger partial charge on any atom is -0.388 e. The van der Waals surface area contributed by atoms with Gasteiger partial charge in [0.1, 0.15) is 0 Å². The van der Waals surface area contributed by atoms with E-state index in [1.807, 2.05) is 0 Å². The molecule has 2 N–H and O–H groups in total. The Morgan fingerprint density at radius 3 is 2.54 bits per heavy atom. The van der Waals surface area contributed by atoms with Crippen molar-refractivity contribution in [2.75, 3.05) is 6.54 Å². The Labute approximate surface area is 78.5 Å². The van der Waals surface area contributed by atoms with Crippen molar-refractivity contribution in [2.24, 2.45) is 5.92 Å². The summed E-state index contributed by atoms with van der Waals surface area (Å²) in [7, 11) is 0. The fourth-order valence-corrected chi connectivity index (χ4v) is 1.95.